The van der Waals surface area contributed by atoms with Crippen molar-refractivity contribution in [1.82, 2.24) is 9.88 Å². The molecule has 5 nitrogen and oxygen atoms in total. The molecule has 4 aromatic rings. The first-order valence-electron chi connectivity index (χ1n) is 10.1. The smallest absolute Gasteiger partial charge is 0.189 e. The molecule has 0 radical (unpaired) electrons. The number of ketones is 1. The maximum Gasteiger partial charge on any atom is 0.189 e. The number of aromatic nitrogens is 1. The normalized spacial score (nSPS) is 15.8. The Kier molecular flexibility index (Phi) is 4.52. The number of phenolic OH excluding ortho intramolecular Hbond substituents is 2. The molecule has 3 N–H and O–H groups in total. The maximum atomic E-state index is 13.4. The van der Waals surface area contributed by atoms with Crippen molar-refractivity contribution in [3.8, 4) is 11.5 Å². The van der Waals surface area contributed by atoms with E-state index in [1.54, 1.807) is 30.3 Å². The highest BCUT2D eigenvalue weighted by Gasteiger charge is 2.33. The van der Waals surface area contributed by atoms with E-state index in [1.807, 2.05) is 24.3 Å². The molecular weight excluding hydrogens is 376 g/mol. The highest BCUT2D eigenvalue weighted by molar-refractivity contribution is 6.04. The number of carbonyl (C=O) groups excluding carboxylic acids is 1. The van der Waals surface area contributed by atoms with Crippen LogP contribution in [0.2, 0.25) is 0 Å². The van der Waals surface area contributed by atoms with E-state index in [0.29, 0.717) is 18.7 Å². The molecule has 3 aromatic carbocycles. The van der Waals surface area contributed by atoms with Crippen molar-refractivity contribution in [3.05, 3.63) is 95.2 Å². The highest BCUT2D eigenvalue weighted by atomic mass is 16.3. The van der Waals surface area contributed by atoms with Gasteiger partial charge in [0.1, 0.15) is 17.5 Å². The summed E-state index contributed by atoms with van der Waals surface area (Å²) in [5.74, 6) is 0.0616. The van der Waals surface area contributed by atoms with Crippen LogP contribution in [-0.2, 0) is 13.0 Å². The van der Waals surface area contributed by atoms with Gasteiger partial charge in [0.25, 0.3) is 0 Å². The van der Waals surface area contributed by atoms with Gasteiger partial charge in [0.2, 0.25) is 0 Å². The maximum absolute atomic E-state index is 13.4. The summed E-state index contributed by atoms with van der Waals surface area (Å²) in [6.45, 7) is 1.14. The Morgan fingerprint density at radius 2 is 1.63 bits per heavy atom. The van der Waals surface area contributed by atoms with Gasteiger partial charge in [-0.3, -0.25) is 4.79 Å². The van der Waals surface area contributed by atoms with Crippen molar-refractivity contribution in [2.75, 3.05) is 6.54 Å². The second-order valence-corrected chi connectivity index (χ2v) is 7.61. The Balaban J connectivity index is 1.70. The summed E-state index contributed by atoms with van der Waals surface area (Å²) in [5, 5.41) is 25.1. The van der Waals surface area contributed by atoms with Gasteiger partial charge >= 0.3 is 0 Å². The molecule has 0 saturated heterocycles. The van der Waals surface area contributed by atoms with Crippen molar-refractivity contribution in [2.45, 2.75) is 19.0 Å². The van der Waals surface area contributed by atoms with Crippen LogP contribution in [0.1, 0.15) is 33.2 Å². The lowest BCUT2D eigenvalue weighted by molar-refractivity contribution is 0.0933. The van der Waals surface area contributed by atoms with Crippen molar-refractivity contribution >= 4 is 16.7 Å². The summed E-state index contributed by atoms with van der Waals surface area (Å²) in [5.41, 5.74) is 4.18. The fraction of sp³-hybridized carbons (Fsp3) is 0.160. The summed E-state index contributed by atoms with van der Waals surface area (Å²) in [4.78, 5) is 13.4. The topological polar surface area (TPSA) is 74.5 Å². The Bertz CT molecular complexity index is 1260. The Hall–Kier alpha value is -3.57. The standard InChI is InChI=1S/C25H22N2O3/c28-21-11-5-1-7-16(21)15-27-20-10-4-2-8-17(20)18-13-14-26-23(24(18)27)25(30)19-9-3-6-12-22(19)29/h1-12,23,26,28-29H,13-15H2. The molecule has 30 heavy (non-hydrogen) atoms. The van der Waals surface area contributed by atoms with Crippen LogP contribution in [0.4, 0.5) is 0 Å². The van der Waals surface area contributed by atoms with Crippen LogP contribution < -0.4 is 5.32 Å². The van der Waals surface area contributed by atoms with E-state index >= 15 is 0 Å². The first-order valence-corrected chi connectivity index (χ1v) is 10.1. The van der Waals surface area contributed by atoms with Crippen LogP contribution in [0.25, 0.3) is 10.9 Å². The molecule has 1 aliphatic rings. The quantitative estimate of drug-likeness (QED) is 0.451. The number of Topliss-reactive ketones (excluding diaryl/α,β-unsaturated/α-hetero) is 1. The minimum Gasteiger partial charge on any atom is -0.508 e. The number of nitrogens with zero attached hydrogens (tertiary/aromatic N) is 1. The Labute approximate surface area is 174 Å². The van der Waals surface area contributed by atoms with E-state index in [1.165, 1.54) is 6.07 Å². The Morgan fingerprint density at radius 3 is 2.43 bits per heavy atom. The third-order valence-electron chi connectivity index (χ3n) is 5.87. The zero-order valence-electron chi connectivity index (χ0n) is 16.4. The van der Waals surface area contributed by atoms with Gasteiger partial charge < -0.3 is 20.1 Å². The van der Waals surface area contributed by atoms with E-state index in [-0.39, 0.29) is 17.3 Å². The van der Waals surface area contributed by atoms with Crippen LogP contribution in [0.3, 0.4) is 0 Å². The lowest BCUT2D eigenvalue weighted by atomic mass is 9.93. The first kappa shape index (κ1) is 18.5. The summed E-state index contributed by atoms with van der Waals surface area (Å²) < 4.78 is 2.12. The van der Waals surface area contributed by atoms with Crippen LogP contribution in [0, 0.1) is 0 Å². The molecular formula is C25H22N2O3. The van der Waals surface area contributed by atoms with Crippen molar-refractivity contribution in [1.29, 1.82) is 0 Å². The molecule has 0 spiro atoms. The largest absolute Gasteiger partial charge is 0.508 e. The molecule has 5 rings (SSSR count). The molecule has 150 valence electrons. The number of aromatic hydroxyl groups is 2. The van der Waals surface area contributed by atoms with E-state index in [4.69, 9.17) is 0 Å². The SMILES string of the molecule is O=C(c1ccccc1O)C1NCCc2c1n(Cc1ccccc1O)c1ccccc21. The van der Waals surface area contributed by atoms with Crippen LogP contribution in [0.5, 0.6) is 11.5 Å². The lowest BCUT2D eigenvalue weighted by Gasteiger charge is -2.26. The van der Waals surface area contributed by atoms with Gasteiger partial charge in [-0.05, 0) is 36.2 Å². The van der Waals surface area contributed by atoms with Gasteiger partial charge in [-0.15, -0.1) is 0 Å². The van der Waals surface area contributed by atoms with E-state index in [9.17, 15) is 15.0 Å². The third kappa shape index (κ3) is 2.95. The first-order chi connectivity index (χ1) is 14.6. The number of hydrogen-bond donors (Lipinski definition) is 3. The fourth-order valence-corrected chi connectivity index (χ4v) is 4.47. The molecule has 1 unspecified atom stereocenters. The van der Waals surface area contributed by atoms with Crippen molar-refractivity contribution in [3.63, 3.8) is 0 Å². The fourth-order valence-electron chi connectivity index (χ4n) is 4.47. The van der Waals surface area contributed by atoms with Gasteiger partial charge in [-0.2, -0.15) is 0 Å². The summed E-state index contributed by atoms with van der Waals surface area (Å²) in [7, 11) is 0. The van der Waals surface area contributed by atoms with E-state index in [2.05, 4.69) is 22.0 Å². The van der Waals surface area contributed by atoms with Crippen LogP contribution in [0.15, 0.2) is 72.8 Å². The monoisotopic (exact) mass is 398 g/mol. The molecule has 0 saturated carbocycles. The van der Waals surface area contributed by atoms with Gasteiger partial charge in [0.15, 0.2) is 5.78 Å². The van der Waals surface area contributed by atoms with E-state index < -0.39 is 6.04 Å². The molecule has 0 aliphatic carbocycles. The Morgan fingerprint density at radius 1 is 0.933 bits per heavy atom. The summed E-state index contributed by atoms with van der Waals surface area (Å²) >= 11 is 0. The number of benzene rings is 3. The van der Waals surface area contributed by atoms with Crippen molar-refractivity contribution < 1.29 is 15.0 Å². The zero-order chi connectivity index (χ0) is 20.7. The van der Waals surface area contributed by atoms with Gasteiger partial charge in [0.05, 0.1) is 12.1 Å². The number of fused-ring (bicyclic) bond motifs is 3. The lowest BCUT2D eigenvalue weighted by Crippen LogP contribution is -2.36. The van der Waals surface area contributed by atoms with Crippen molar-refractivity contribution in [2.24, 2.45) is 0 Å². The number of para-hydroxylation sites is 3. The number of carbonyl (C=O) groups is 1. The third-order valence-corrected chi connectivity index (χ3v) is 5.87. The number of phenols is 2. The molecule has 1 aliphatic heterocycles. The van der Waals surface area contributed by atoms with Crippen LogP contribution in [-0.4, -0.2) is 27.1 Å². The summed E-state index contributed by atoms with van der Waals surface area (Å²) in [6, 6.07) is 21.5. The predicted octanol–water partition coefficient (Wildman–Crippen LogP) is 4.17. The minimum atomic E-state index is -0.569. The highest BCUT2D eigenvalue weighted by Crippen LogP contribution is 2.37. The second-order valence-electron chi connectivity index (χ2n) is 7.61. The number of rotatable bonds is 4. The van der Waals surface area contributed by atoms with Crippen LogP contribution >= 0.6 is 0 Å². The predicted molar refractivity (Wildman–Crippen MR) is 116 cm³/mol. The molecule has 0 bridgehead atoms. The molecule has 0 amide bonds. The minimum absolute atomic E-state index is 0.0141. The second kappa shape index (κ2) is 7.35. The number of nitrogens with one attached hydrogen (secondary N) is 1. The summed E-state index contributed by atoms with van der Waals surface area (Å²) in [6.07, 6.45) is 0.814. The van der Waals surface area contributed by atoms with Gasteiger partial charge in [-0.1, -0.05) is 48.5 Å². The molecule has 0 fully saturated rings. The number of hydrogen-bond acceptors (Lipinski definition) is 4. The molecule has 1 aromatic heterocycles. The molecule has 2 heterocycles. The van der Waals surface area contributed by atoms with Gasteiger partial charge in [-0.25, -0.2) is 0 Å². The molecule has 5 heteroatoms. The average molecular weight is 398 g/mol. The zero-order valence-corrected chi connectivity index (χ0v) is 16.4. The average Bonchev–Trinajstić information content (AvgIpc) is 3.09. The molecule has 1 atom stereocenters. The van der Waals surface area contributed by atoms with E-state index in [0.717, 1.165) is 34.1 Å². The van der Waals surface area contributed by atoms with Gasteiger partial charge in [0, 0.05) is 28.7 Å².